The van der Waals surface area contributed by atoms with Gasteiger partial charge in [-0.15, -0.1) is 0 Å². The predicted molar refractivity (Wildman–Crippen MR) is 100 cm³/mol. The zero-order valence-corrected chi connectivity index (χ0v) is 15.8. The SMILES string of the molecule is Cc1ccc(OCCNC(=O)NC(=O)C2CCN(C)CC2)c2c1CCC2. The Morgan fingerprint density at radius 1 is 1.19 bits per heavy atom. The summed E-state index contributed by atoms with van der Waals surface area (Å²) in [6.07, 6.45) is 4.97. The number of carbonyl (C=O) groups is 2. The van der Waals surface area contributed by atoms with Gasteiger partial charge in [0.15, 0.2) is 0 Å². The van der Waals surface area contributed by atoms with E-state index >= 15 is 0 Å². The quantitative estimate of drug-likeness (QED) is 0.789. The molecule has 1 aliphatic carbocycles. The molecule has 0 spiro atoms. The maximum Gasteiger partial charge on any atom is 0.321 e. The van der Waals surface area contributed by atoms with Crippen LogP contribution in [0, 0.1) is 12.8 Å². The van der Waals surface area contributed by atoms with Crippen molar-refractivity contribution in [1.82, 2.24) is 15.5 Å². The molecule has 2 N–H and O–H groups in total. The van der Waals surface area contributed by atoms with E-state index < -0.39 is 6.03 Å². The fourth-order valence-corrected chi connectivity index (χ4v) is 3.84. The Morgan fingerprint density at radius 3 is 2.69 bits per heavy atom. The van der Waals surface area contributed by atoms with Crippen LogP contribution in [0.1, 0.15) is 36.0 Å². The molecule has 6 nitrogen and oxygen atoms in total. The second kappa shape index (κ2) is 8.54. The molecule has 0 aromatic heterocycles. The molecule has 0 atom stereocenters. The number of ether oxygens (including phenoxy) is 1. The molecule has 142 valence electrons. The number of hydrogen-bond donors (Lipinski definition) is 2. The molecule has 1 saturated heterocycles. The number of likely N-dealkylation sites (tertiary alicyclic amines) is 1. The third-order valence-electron chi connectivity index (χ3n) is 5.45. The lowest BCUT2D eigenvalue weighted by Crippen LogP contribution is -2.45. The number of fused-ring (bicyclic) bond motifs is 1. The van der Waals surface area contributed by atoms with Crippen molar-refractivity contribution in [1.29, 1.82) is 0 Å². The van der Waals surface area contributed by atoms with Crippen LogP contribution in [0.3, 0.4) is 0 Å². The van der Waals surface area contributed by atoms with Crippen LogP contribution in [0.25, 0.3) is 0 Å². The second-order valence-electron chi connectivity index (χ2n) is 7.36. The van der Waals surface area contributed by atoms with Gasteiger partial charge in [-0.3, -0.25) is 10.1 Å². The van der Waals surface area contributed by atoms with E-state index in [1.165, 1.54) is 23.1 Å². The summed E-state index contributed by atoms with van der Waals surface area (Å²) in [5.74, 6) is 0.684. The Morgan fingerprint density at radius 2 is 1.92 bits per heavy atom. The smallest absolute Gasteiger partial charge is 0.321 e. The number of aryl methyl sites for hydroxylation is 1. The third-order valence-corrected chi connectivity index (χ3v) is 5.45. The molecule has 0 bridgehead atoms. The molecule has 1 aliphatic heterocycles. The van der Waals surface area contributed by atoms with Crippen LogP contribution in [0.4, 0.5) is 4.79 Å². The summed E-state index contributed by atoms with van der Waals surface area (Å²) in [5.41, 5.74) is 4.05. The number of urea groups is 1. The van der Waals surface area contributed by atoms with Crippen LogP contribution in [0.5, 0.6) is 5.75 Å². The highest BCUT2D eigenvalue weighted by atomic mass is 16.5. The predicted octanol–water partition coefficient (Wildman–Crippen LogP) is 2.03. The van der Waals surface area contributed by atoms with Crippen LogP contribution in [-0.4, -0.2) is 50.1 Å². The fraction of sp³-hybridized carbons (Fsp3) is 0.600. The van der Waals surface area contributed by atoms with Gasteiger partial charge in [0.2, 0.25) is 5.91 Å². The fourth-order valence-electron chi connectivity index (χ4n) is 3.84. The number of hydrogen-bond acceptors (Lipinski definition) is 4. The first kappa shape index (κ1) is 18.7. The van der Waals surface area contributed by atoms with Gasteiger partial charge in [0.25, 0.3) is 0 Å². The lowest BCUT2D eigenvalue weighted by Gasteiger charge is -2.27. The molecule has 3 rings (SSSR count). The van der Waals surface area contributed by atoms with Crippen molar-refractivity contribution in [3.05, 3.63) is 28.8 Å². The molecule has 0 unspecified atom stereocenters. The first-order chi connectivity index (χ1) is 12.5. The van der Waals surface area contributed by atoms with Crippen molar-refractivity contribution >= 4 is 11.9 Å². The molecule has 1 heterocycles. The minimum Gasteiger partial charge on any atom is -0.491 e. The highest BCUT2D eigenvalue weighted by Gasteiger charge is 2.24. The van der Waals surface area contributed by atoms with Crippen molar-refractivity contribution < 1.29 is 14.3 Å². The molecule has 1 aromatic carbocycles. The zero-order chi connectivity index (χ0) is 18.5. The summed E-state index contributed by atoms with van der Waals surface area (Å²) < 4.78 is 5.85. The first-order valence-corrected chi connectivity index (χ1v) is 9.56. The van der Waals surface area contributed by atoms with Gasteiger partial charge in [0.1, 0.15) is 12.4 Å². The zero-order valence-electron chi connectivity index (χ0n) is 15.8. The second-order valence-corrected chi connectivity index (χ2v) is 7.36. The van der Waals surface area contributed by atoms with E-state index in [-0.39, 0.29) is 11.8 Å². The molecular formula is C20H29N3O3. The number of amides is 3. The topological polar surface area (TPSA) is 70.7 Å². The van der Waals surface area contributed by atoms with Gasteiger partial charge in [-0.25, -0.2) is 4.79 Å². The van der Waals surface area contributed by atoms with E-state index in [2.05, 4.69) is 28.5 Å². The Hall–Kier alpha value is -2.08. The number of nitrogens with zero attached hydrogens (tertiary/aromatic N) is 1. The van der Waals surface area contributed by atoms with Gasteiger partial charge in [-0.2, -0.15) is 0 Å². The summed E-state index contributed by atoms with van der Waals surface area (Å²) in [4.78, 5) is 26.2. The van der Waals surface area contributed by atoms with Crippen LogP contribution >= 0.6 is 0 Å². The summed E-state index contributed by atoms with van der Waals surface area (Å²) in [6, 6.07) is 3.68. The molecule has 0 saturated carbocycles. The van der Waals surface area contributed by atoms with Crippen molar-refractivity contribution in [2.75, 3.05) is 33.3 Å². The van der Waals surface area contributed by atoms with Gasteiger partial charge in [-0.05, 0) is 81.9 Å². The Balaban J connectivity index is 1.38. The number of benzene rings is 1. The summed E-state index contributed by atoms with van der Waals surface area (Å²) in [7, 11) is 2.05. The lowest BCUT2D eigenvalue weighted by atomic mass is 9.96. The van der Waals surface area contributed by atoms with Crippen LogP contribution in [0.2, 0.25) is 0 Å². The van der Waals surface area contributed by atoms with Crippen LogP contribution in [0.15, 0.2) is 12.1 Å². The van der Waals surface area contributed by atoms with Crippen molar-refractivity contribution in [3.63, 3.8) is 0 Å². The molecule has 1 aromatic rings. The molecule has 6 heteroatoms. The standard InChI is InChI=1S/C20H29N3O3/c1-14-6-7-18(17-5-3-4-16(14)17)26-13-10-21-20(25)22-19(24)15-8-11-23(2)12-9-15/h6-7,15H,3-5,8-13H2,1-2H3,(H2,21,22,24,25). The van der Waals surface area contributed by atoms with E-state index in [0.717, 1.165) is 44.5 Å². The lowest BCUT2D eigenvalue weighted by molar-refractivity contribution is -0.125. The highest BCUT2D eigenvalue weighted by Crippen LogP contribution is 2.32. The Bertz CT molecular complexity index is 667. The summed E-state index contributed by atoms with van der Waals surface area (Å²) in [5, 5.41) is 5.15. The van der Waals surface area contributed by atoms with Crippen LogP contribution < -0.4 is 15.4 Å². The largest absolute Gasteiger partial charge is 0.491 e. The molecule has 26 heavy (non-hydrogen) atoms. The third kappa shape index (κ3) is 4.55. The van der Waals surface area contributed by atoms with E-state index in [4.69, 9.17) is 4.74 Å². The first-order valence-electron chi connectivity index (χ1n) is 9.56. The van der Waals surface area contributed by atoms with E-state index in [1.54, 1.807) is 0 Å². The van der Waals surface area contributed by atoms with E-state index in [0.29, 0.717) is 13.2 Å². The normalized spacial score (nSPS) is 17.6. The molecular weight excluding hydrogens is 330 g/mol. The summed E-state index contributed by atoms with van der Waals surface area (Å²) in [6.45, 7) is 4.70. The average Bonchev–Trinajstić information content (AvgIpc) is 3.12. The van der Waals surface area contributed by atoms with E-state index in [1.807, 2.05) is 13.1 Å². The van der Waals surface area contributed by atoms with Crippen molar-refractivity contribution in [2.24, 2.45) is 5.92 Å². The van der Waals surface area contributed by atoms with Gasteiger partial charge in [-0.1, -0.05) is 6.07 Å². The highest BCUT2D eigenvalue weighted by molar-refractivity contribution is 5.95. The minimum atomic E-state index is -0.438. The van der Waals surface area contributed by atoms with Gasteiger partial charge in [0, 0.05) is 5.92 Å². The number of carbonyl (C=O) groups excluding carboxylic acids is 2. The monoisotopic (exact) mass is 359 g/mol. The molecule has 2 aliphatic rings. The minimum absolute atomic E-state index is 0.0663. The maximum atomic E-state index is 12.1. The Kier molecular flexibility index (Phi) is 6.14. The van der Waals surface area contributed by atoms with Crippen LogP contribution in [-0.2, 0) is 17.6 Å². The molecule has 1 fully saturated rings. The number of rotatable bonds is 5. The maximum absolute atomic E-state index is 12.1. The average molecular weight is 359 g/mol. The number of piperidine rings is 1. The van der Waals surface area contributed by atoms with Gasteiger partial charge < -0.3 is 15.0 Å². The molecule has 0 radical (unpaired) electrons. The number of nitrogens with one attached hydrogen (secondary N) is 2. The Labute approximate surface area is 155 Å². The summed E-state index contributed by atoms with van der Waals surface area (Å²) >= 11 is 0. The van der Waals surface area contributed by atoms with E-state index in [9.17, 15) is 9.59 Å². The molecule has 3 amide bonds. The van der Waals surface area contributed by atoms with Gasteiger partial charge >= 0.3 is 6.03 Å². The van der Waals surface area contributed by atoms with Crippen molar-refractivity contribution in [2.45, 2.75) is 39.0 Å². The van der Waals surface area contributed by atoms with Gasteiger partial charge in [0.05, 0.1) is 6.54 Å². The van der Waals surface area contributed by atoms with Crippen molar-refractivity contribution in [3.8, 4) is 5.75 Å². The number of imide groups is 1.